The zero-order valence-corrected chi connectivity index (χ0v) is 21.6. The number of ether oxygens (including phenoxy) is 2. The molecule has 0 unspecified atom stereocenters. The third-order valence-corrected chi connectivity index (χ3v) is 8.66. The van der Waals surface area contributed by atoms with Gasteiger partial charge in [-0.05, 0) is 80.8 Å². The summed E-state index contributed by atoms with van der Waals surface area (Å²) < 4.78 is 63.5. The molecule has 2 saturated carbocycles. The van der Waals surface area contributed by atoms with Crippen molar-refractivity contribution >= 4 is 0 Å². The minimum Gasteiger partial charge on any atom is -0.352 e. The minimum absolute atomic E-state index is 0.0401. The maximum Gasteiger partial charge on any atom is 0.412 e. The van der Waals surface area contributed by atoms with Gasteiger partial charge in [-0.1, -0.05) is 50.5 Å². The average Bonchev–Trinajstić information content (AvgIpc) is 2.89. The maximum absolute atomic E-state index is 13.9. The summed E-state index contributed by atoms with van der Waals surface area (Å²) in [5.74, 6) is 0.283. The number of rotatable bonds is 8. The van der Waals surface area contributed by atoms with E-state index in [-0.39, 0.29) is 12.4 Å². The highest BCUT2D eigenvalue weighted by Crippen LogP contribution is 2.42. The molecule has 6 heteroatoms. The van der Waals surface area contributed by atoms with Gasteiger partial charge in [0.05, 0.1) is 19.3 Å². The van der Waals surface area contributed by atoms with Gasteiger partial charge in [-0.25, -0.2) is 4.39 Å². The Kier molecular flexibility index (Phi) is 9.91. The van der Waals surface area contributed by atoms with E-state index in [1.165, 1.54) is 36.8 Å². The Hall–Kier alpha value is -1.40. The molecule has 1 saturated heterocycles. The first-order valence-electron chi connectivity index (χ1n) is 14.1. The summed E-state index contributed by atoms with van der Waals surface area (Å²) in [6.07, 6.45) is 7.15. The maximum atomic E-state index is 13.9. The molecule has 3 aliphatic rings. The van der Waals surface area contributed by atoms with E-state index < -0.39 is 17.9 Å². The van der Waals surface area contributed by atoms with Crippen molar-refractivity contribution in [3.05, 3.63) is 47.3 Å². The molecule has 3 fully saturated rings. The molecule has 0 N–H and O–H groups in total. The number of halogens is 4. The van der Waals surface area contributed by atoms with E-state index in [0.717, 1.165) is 51.7 Å². The molecule has 202 valence electrons. The fourth-order valence-corrected chi connectivity index (χ4v) is 6.42. The number of allylic oxidation sites excluding steroid dienone is 2. The van der Waals surface area contributed by atoms with Crippen LogP contribution >= 0.6 is 0 Å². The van der Waals surface area contributed by atoms with Crippen LogP contribution in [-0.2, 0) is 9.47 Å². The Morgan fingerprint density at radius 2 is 1.36 bits per heavy atom. The monoisotopic (exact) mass is 510 g/mol. The van der Waals surface area contributed by atoms with E-state index in [4.69, 9.17) is 9.47 Å². The first-order valence-corrected chi connectivity index (χ1v) is 14.1. The van der Waals surface area contributed by atoms with E-state index >= 15 is 0 Å². The van der Waals surface area contributed by atoms with Gasteiger partial charge in [-0.2, -0.15) is 13.2 Å². The molecule has 2 aliphatic carbocycles. The molecular weight excluding hydrogens is 468 g/mol. The minimum atomic E-state index is -4.58. The molecular formula is C30H42F4O2. The van der Waals surface area contributed by atoms with Gasteiger partial charge < -0.3 is 9.47 Å². The van der Waals surface area contributed by atoms with Crippen molar-refractivity contribution in [1.82, 2.24) is 0 Å². The van der Waals surface area contributed by atoms with Crippen LogP contribution in [0.2, 0.25) is 0 Å². The summed E-state index contributed by atoms with van der Waals surface area (Å²) >= 11 is 0. The molecule has 1 heterocycles. The van der Waals surface area contributed by atoms with Gasteiger partial charge in [-0.3, -0.25) is 0 Å². The summed E-state index contributed by atoms with van der Waals surface area (Å²) in [6, 6.07) is 8.82. The summed E-state index contributed by atoms with van der Waals surface area (Å²) in [6.45, 7) is 3.90. The fourth-order valence-electron chi connectivity index (χ4n) is 6.42. The lowest BCUT2D eigenvalue weighted by atomic mass is 9.76. The van der Waals surface area contributed by atoms with Crippen LogP contribution in [0.25, 0.3) is 0 Å². The lowest BCUT2D eigenvalue weighted by Crippen LogP contribution is -2.38. The van der Waals surface area contributed by atoms with E-state index in [0.29, 0.717) is 36.5 Å². The molecule has 0 bridgehead atoms. The highest BCUT2D eigenvalue weighted by atomic mass is 19.4. The third kappa shape index (κ3) is 7.80. The zero-order chi connectivity index (χ0) is 25.5. The van der Waals surface area contributed by atoms with Gasteiger partial charge in [0.25, 0.3) is 0 Å². The summed E-state index contributed by atoms with van der Waals surface area (Å²) in [4.78, 5) is 0. The topological polar surface area (TPSA) is 18.5 Å². The highest BCUT2D eigenvalue weighted by Gasteiger charge is 2.33. The van der Waals surface area contributed by atoms with Crippen molar-refractivity contribution in [3.8, 4) is 0 Å². The van der Waals surface area contributed by atoms with Gasteiger partial charge in [0.1, 0.15) is 5.83 Å². The molecule has 0 radical (unpaired) electrons. The Balaban J connectivity index is 1.20. The second kappa shape index (κ2) is 12.9. The van der Waals surface area contributed by atoms with Crippen LogP contribution in [0.1, 0.15) is 107 Å². The molecule has 2 nitrogen and oxygen atoms in total. The molecule has 0 amide bonds. The predicted molar refractivity (Wildman–Crippen MR) is 134 cm³/mol. The molecule has 1 aromatic rings. The molecule has 0 spiro atoms. The van der Waals surface area contributed by atoms with Gasteiger partial charge in [0.2, 0.25) is 0 Å². The predicted octanol–water partition coefficient (Wildman–Crippen LogP) is 9.22. The van der Waals surface area contributed by atoms with E-state index in [9.17, 15) is 17.6 Å². The number of alkyl halides is 3. The Morgan fingerprint density at radius 1 is 0.833 bits per heavy atom. The molecule has 4 rings (SSSR count). The fraction of sp³-hybridized carbons (Fsp3) is 0.733. The van der Waals surface area contributed by atoms with E-state index in [1.54, 1.807) is 0 Å². The summed E-state index contributed by atoms with van der Waals surface area (Å²) in [5, 5.41) is 0. The first kappa shape index (κ1) is 27.6. The van der Waals surface area contributed by atoms with Crippen LogP contribution in [0.5, 0.6) is 0 Å². The quantitative estimate of drug-likeness (QED) is 0.256. The van der Waals surface area contributed by atoms with Crippen LogP contribution < -0.4 is 0 Å². The van der Waals surface area contributed by atoms with E-state index in [2.05, 4.69) is 31.2 Å². The van der Waals surface area contributed by atoms with Crippen molar-refractivity contribution in [2.24, 2.45) is 17.8 Å². The Bertz CT molecular complexity index is 810. The number of hydrogen-bond donors (Lipinski definition) is 0. The van der Waals surface area contributed by atoms with Gasteiger partial charge in [0.15, 0.2) is 6.29 Å². The van der Waals surface area contributed by atoms with Crippen molar-refractivity contribution in [1.29, 1.82) is 0 Å². The van der Waals surface area contributed by atoms with Gasteiger partial charge in [-0.15, -0.1) is 0 Å². The first-order chi connectivity index (χ1) is 17.3. The second-order valence-corrected chi connectivity index (χ2v) is 11.3. The highest BCUT2D eigenvalue weighted by molar-refractivity contribution is 5.28. The SMILES string of the molecule is CCCCCC1COC(C2CCC(c3ccc(C4CCC(C(F)=CC(F)(F)F)CC4)cc3)CC2)OC1. The van der Waals surface area contributed by atoms with Crippen molar-refractivity contribution in [2.75, 3.05) is 13.2 Å². The molecule has 0 atom stereocenters. The van der Waals surface area contributed by atoms with Crippen LogP contribution in [-0.4, -0.2) is 25.7 Å². The second-order valence-electron chi connectivity index (χ2n) is 11.3. The zero-order valence-electron chi connectivity index (χ0n) is 21.6. The van der Waals surface area contributed by atoms with E-state index in [1.807, 2.05) is 0 Å². The van der Waals surface area contributed by atoms with Crippen LogP contribution in [0, 0.1) is 17.8 Å². The molecule has 1 aromatic carbocycles. The average molecular weight is 511 g/mol. The standard InChI is InChI=1S/C30H42F4O2/c1-2-3-4-5-21-19-35-29(36-20-21)27-16-12-25(13-17-27)23-8-6-22(7-9-23)24-10-14-26(15-11-24)28(31)18-30(32,33)34/h6-9,18,21,24-27,29H,2-5,10-17,19-20H2,1H3. The number of benzene rings is 1. The lowest BCUT2D eigenvalue weighted by molar-refractivity contribution is -0.229. The summed E-state index contributed by atoms with van der Waals surface area (Å²) in [5.41, 5.74) is 2.59. The molecule has 0 aromatic heterocycles. The van der Waals surface area contributed by atoms with Crippen molar-refractivity contribution in [2.45, 2.75) is 108 Å². The van der Waals surface area contributed by atoms with Crippen molar-refractivity contribution in [3.63, 3.8) is 0 Å². The summed E-state index contributed by atoms with van der Waals surface area (Å²) in [7, 11) is 0. The van der Waals surface area contributed by atoms with Gasteiger partial charge >= 0.3 is 6.18 Å². The normalized spacial score (nSPS) is 32.4. The number of hydrogen-bond acceptors (Lipinski definition) is 2. The van der Waals surface area contributed by atoms with Crippen LogP contribution in [0.15, 0.2) is 36.2 Å². The number of unbranched alkanes of at least 4 members (excludes halogenated alkanes) is 2. The van der Waals surface area contributed by atoms with Crippen molar-refractivity contribution < 1.29 is 27.0 Å². The molecule has 1 aliphatic heterocycles. The van der Waals surface area contributed by atoms with Crippen LogP contribution in [0.4, 0.5) is 17.6 Å². The van der Waals surface area contributed by atoms with Gasteiger partial charge in [0, 0.05) is 17.8 Å². The van der Waals surface area contributed by atoms with Crippen LogP contribution in [0.3, 0.4) is 0 Å². The Labute approximate surface area is 213 Å². The molecule has 36 heavy (non-hydrogen) atoms. The smallest absolute Gasteiger partial charge is 0.352 e. The third-order valence-electron chi connectivity index (χ3n) is 8.66. The largest absolute Gasteiger partial charge is 0.412 e. The Morgan fingerprint density at radius 3 is 1.86 bits per heavy atom. The lowest BCUT2D eigenvalue weighted by Gasteiger charge is -2.38.